The Labute approximate surface area is 107 Å². The molecule has 1 N–H and O–H groups in total. The minimum absolute atomic E-state index is 0.128. The molecule has 2 fully saturated rings. The van der Waals surface area contributed by atoms with E-state index in [0.29, 0.717) is 6.04 Å². The summed E-state index contributed by atoms with van der Waals surface area (Å²) in [7, 11) is 0. The Morgan fingerprint density at radius 1 is 1.24 bits per heavy atom. The number of ether oxygens (including phenoxy) is 1. The standard InChI is InChI=1S/C15H29NO/c1-3-15(2)12-14(9-11-17-15)16-10-8-13-6-4-5-7-13/h13-14,16H,3-12H2,1-2H3. The molecular formula is C15H29NO. The Balaban J connectivity index is 1.64. The van der Waals surface area contributed by atoms with Crippen LogP contribution >= 0.6 is 0 Å². The fraction of sp³-hybridized carbons (Fsp3) is 1.00. The summed E-state index contributed by atoms with van der Waals surface area (Å²) in [5, 5.41) is 3.76. The van der Waals surface area contributed by atoms with Crippen molar-refractivity contribution in [1.82, 2.24) is 5.32 Å². The Hall–Kier alpha value is -0.0800. The largest absolute Gasteiger partial charge is 0.375 e. The van der Waals surface area contributed by atoms with E-state index >= 15 is 0 Å². The predicted molar refractivity (Wildman–Crippen MR) is 72.2 cm³/mol. The van der Waals surface area contributed by atoms with Crippen LogP contribution in [0, 0.1) is 5.92 Å². The molecule has 1 aliphatic heterocycles. The van der Waals surface area contributed by atoms with Crippen LogP contribution in [0.25, 0.3) is 0 Å². The molecule has 17 heavy (non-hydrogen) atoms. The highest BCUT2D eigenvalue weighted by molar-refractivity contribution is 4.85. The molecule has 1 heterocycles. The first-order valence-corrected chi connectivity index (χ1v) is 7.59. The molecule has 100 valence electrons. The maximum Gasteiger partial charge on any atom is 0.0666 e. The summed E-state index contributed by atoms with van der Waals surface area (Å²) < 4.78 is 5.88. The highest BCUT2D eigenvalue weighted by Gasteiger charge is 2.31. The summed E-state index contributed by atoms with van der Waals surface area (Å²) in [6, 6.07) is 0.690. The summed E-state index contributed by atoms with van der Waals surface area (Å²) in [6.45, 7) is 6.65. The fourth-order valence-electron chi connectivity index (χ4n) is 3.34. The van der Waals surface area contributed by atoms with Gasteiger partial charge in [-0.15, -0.1) is 0 Å². The quantitative estimate of drug-likeness (QED) is 0.793. The van der Waals surface area contributed by atoms with Crippen molar-refractivity contribution < 1.29 is 4.74 Å². The Morgan fingerprint density at radius 3 is 2.71 bits per heavy atom. The van der Waals surface area contributed by atoms with E-state index in [-0.39, 0.29) is 5.60 Å². The molecule has 0 aromatic rings. The Morgan fingerprint density at radius 2 is 2.00 bits per heavy atom. The number of rotatable bonds is 5. The first-order chi connectivity index (χ1) is 8.22. The maximum atomic E-state index is 5.88. The van der Waals surface area contributed by atoms with E-state index in [1.165, 1.54) is 51.5 Å². The van der Waals surface area contributed by atoms with Crippen molar-refractivity contribution in [1.29, 1.82) is 0 Å². The third-order valence-electron chi connectivity index (χ3n) is 4.80. The number of hydrogen-bond acceptors (Lipinski definition) is 2. The van der Waals surface area contributed by atoms with Crippen molar-refractivity contribution in [3.63, 3.8) is 0 Å². The molecule has 0 spiro atoms. The lowest BCUT2D eigenvalue weighted by molar-refractivity contribution is -0.0779. The average molecular weight is 239 g/mol. The third kappa shape index (κ3) is 3.96. The van der Waals surface area contributed by atoms with Crippen LogP contribution < -0.4 is 5.32 Å². The SMILES string of the molecule is CCC1(C)CC(NCCC2CCCC2)CCO1. The van der Waals surface area contributed by atoms with Gasteiger partial charge in [-0.3, -0.25) is 0 Å². The van der Waals surface area contributed by atoms with Crippen LogP contribution in [-0.4, -0.2) is 24.8 Å². The van der Waals surface area contributed by atoms with Gasteiger partial charge in [0.25, 0.3) is 0 Å². The normalized spacial score (nSPS) is 35.3. The topological polar surface area (TPSA) is 21.3 Å². The van der Waals surface area contributed by atoms with E-state index in [4.69, 9.17) is 4.74 Å². The minimum Gasteiger partial charge on any atom is -0.375 e. The van der Waals surface area contributed by atoms with Crippen molar-refractivity contribution >= 4 is 0 Å². The molecule has 0 aromatic heterocycles. The van der Waals surface area contributed by atoms with Gasteiger partial charge in [-0.2, -0.15) is 0 Å². The number of nitrogens with one attached hydrogen (secondary N) is 1. The van der Waals surface area contributed by atoms with Gasteiger partial charge in [-0.1, -0.05) is 32.6 Å². The highest BCUT2D eigenvalue weighted by Crippen LogP contribution is 2.29. The zero-order chi connectivity index (χ0) is 12.1. The summed E-state index contributed by atoms with van der Waals surface area (Å²) in [6.07, 6.45) is 10.8. The molecular weight excluding hydrogens is 210 g/mol. The van der Waals surface area contributed by atoms with Crippen molar-refractivity contribution in [2.24, 2.45) is 5.92 Å². The summed E-state index contributed by atoms with van der Waals surface area (Å²) in [5.74, 6) is 1.01. The summed E-state index contributed by atoms with van der Waals surface area (Å²) >= 11 is 0. The maximum absolute atomic E-state index is 5.88. The molecule has 0 radical (unpaired) electrons. The lowest BCUT2D eigenvalue weighted by atomic mass is 9.89. The van der Waals surface area contributed by atoms with E-state index in [1.807, 2.05) is 0 Å². The number of hydrogen-bond donors (Lipinski definition) is 1. The lowest BCUT2D eigenvalue weighted by Crippen LogP contribution is -2.45. The van der Waals surface area contributed by atoms with Gasteiger partial charge in [0, 0.05) is 12.6 Å². The third-order valence-corrected chi connectivity index (χ3v) is 4.80. The molecule has 1 saturated heterocycles. The first-order valence-electron chi connectivity index (χ1n) is 7.59. The van der Waals surface area contributed by atoms with Crippen LogP contribution in [0.1, 0.15) is 65.2 Å². The van der Waals surface area contributed by atoms with Gasteiger partial charge in [0.05, 0.1) is 5.60 Å². The summed E-state index contributed by atoms with van der Waals surface area (Å²) in [5.41, 5.74) is 0.128. The van der Waals surface area contributed by atoms with E-state index in [0.717, 1.165) is 18.9 Å². The van der Waals surface area contributed by atoms with Crippen LogP contribution in [0.4, 0.5) is 0 Å². The van der Waals surface area contributed by atoms with Gasteiger partial charge >= 0.3 is 0 Å². The van der Waals surface area contributed by atoms with Crippen LogP contribution in [0.3, 0.4) is 0 Å². The van der Waals surface area contributed by atoms with Gasteiger partial charge in [0.2, 0.25) is 0 Å². The minimum atomic E-state index is 0.128. The molecule has 2 rings (SSSR count). The van der Waals surface area contributed by atoms with Crippen molar-refractivity contribution in [3.05, 3.63) is 0 Å². The second-order valence-corrected chi connectivity index (χ2v) is 6.23. The van der Waals surface area contributed by atoms with Gasteiger partial charge < -0.3 is 10.1 Å². The van der Waals surface area contributed by atoms with Gasteiger partial charge in [0.15, 0.2) is 0 Å². The zero-order valence-electron chi connectivity index (χ0n) is 11.6. The summed E-state index contributed by atoms with van der Waals surface area (Å²) in [4.78, 5) is 0. The molecule has 2 heteroatoms. The van der Waals surface area contributed by atoms with Gasteiger partial charge in [-0.05, 0) is 45.1 Å². The van der Waals surface area contributed by atoms with E-state index < -0.39 is 0 Å². The van der Waals surface area contributed by atoms with Crippen molar-refractivity contribution in [2.45, 2.75) is 76.9 Å². The fourth-order valence-corrected chi connectivity index (χ4v) is 3.34. The molecule has 2 atom stereocenters. The van der Waals surface area contributed by atoms with Gasteiger partial charge in [-0.25, -0.2) is 0 Å². The molecule has 2 nitrogen and oxygen atoms in total. The average Bonchev–Trinajstić information content (AvgIpc) is 2.82. The molecule has 2 unspecified atom stereocenters. The van der Waals surface area contributed by atoms with Crippen LogP contribution in [0.15, 0.2) is 0 Å². The predicted octanol–water partition coefficient (Wildman–Crippen LogP) is 3.50. The Kier molecular flexibility index (Phi) is 4.87. The smallest absolute Gasteiger partial charge is 0.0666 e. The zero-order valence-corrected chi connectivity index (χ0v) is 11.6. The van der Waals surface area contributed by atoms with Crippen LogP contribution in [0.2, 0.25) is 0 Å². The molecule has 2 aliphatic rings. The second-order valence-electron chi connectivity index (χ2n) is 6.23. The van der Waals surface area contributed by atoms with Crippen molar-refractivity contribution in [2.75, 3.05) is 13.2 Å². The van der Waals surface area contributed by atoms with E-state index in [1.54, 1.807) is 0 Å². The lowest BCUT2D eigenvalue weighted by Gasteiger charge is -2.38. The van der Waals surface area contributed by atoms with E-state index in [2.05, 4.69) is 19.2 Å². The highest BCUT2D eigenvalue weighted by atomic mass is 16.5. The second kappa shape index (κ2) is 6.19. The van der Waals surface area contributed by atoms with E-state index in [9.17, 15) is 0 Å². The van der Waals surface area contributed by atoms with Gasteiger partial charge in [0.1, 0.15) is 0 Å². The molecule has 1 aliphatic carbocycles. The monoisotopic (exact) mass is 239 g/mol. The Bertz CT molecular complexity index is 225. The molecule has 0 amide bonds. The molecule has 0 aromatic carbocycles. The van der Waals surface area contributed by atoms with Crippen molar-refractivity contribution in [3.8, 4) is 0 Å². The molecule has 0 bridgehead atoms. The van der Waals surface area contributed by atoms with Crippen LogP contribution in [0.5, 0.6) is 0 Å². The molecule has 1 saturated carbocycles. The van der Waals surface area contributed by atoms with Crippen LogP contribution in [-0.2, 0) is 4.74 Å². The first kappa shape index (κ1) is 13.4.